The van der Waals surface area contributed by atoms with Crippen LogP contribution in [0.5, 0.6) is 0 Å². The molecule has 122 valence electrons. The number of nitrogens with one attached hydrogen (secondary N) is 1. The van der Waals surface area contributed by atoms with E-state index >= 15 is 0 Å². The fourth-order valence-corrected chi connectivity index (χ4v) is 2.58. The first kappa shape index (κ1) is 18.4. The van der Waals surface area contributed by atoms with Crippen molar-refractivity contribution in [2.45, 2.75) is 38.5 Å². The molecule has 0 spiro atoms. The van der Waals surface area contributed by atoms with Gasteiger partial charge < -0.3 is 10.2 Å². The highest BCUT2D eigenvalue weighted by molar-refractivity contribution is 9.10. The van der Waals surface area contributed by atoms with Gasteiger partial charge in [0.15, 0.2) is 0 Å². The van der Waals surface area contributed by atoms with Gasteiger partial charge in [0.1, 0.15) is 0 Å². The van der Waals surface area contributed by atoms with Crippen LogP contribution in [0.4, 0.5) is 13.2 Å². The van der Waals surface area contributed by atoms with Crippen LogP contribution in [0.25, 0.3) is 0 Å². The fourth-order valence-electron chi connectivity index (χ4n) is 2.01. The van der Waals surface area contributed by atoms with Gasteiger partial charge in [0.25, 0.3) is 0 Å². The van der Waals surface area contributed by atoms with Gasteiger partial charge in [0, 0.05) is 6.54 Å². The summed E-state index contributed by atoms with van der Waals surface area (Å²) in [4.78, 5) is 1.97. The Hall–Kier alpha value is -0.600. The van der Waals surface area contributed by atoms with E-state index in [4.69, 9.17) is 0 Å². The predicted octanol–water partition coefficient (Wildman–Crippen LogP) is 3.20. The Morgan fingerprint density at radius 1 is 1.43 bits per heavy atom. The van der Waals surface area contributed by atoms with Crippen molar-refractivity contribution in [3.05, 3.63) is 16.4 Å². The second-order valence-electron chi connectivity index (χ2n) is 5.23. The van der Waals surface area contributed by atoms with E-state index in [1.54, 1.807) is 10.9 Å². The molecule has 1 atom stereocenters. The van der Waals surface area contributed by atoms with Gasteiger partial charge in [0.05, 0.1) is 35.4 Å². The van der Waals surface area contributed by atoms with Crippen molar-refractivity contribution in [3.63, 3.8) is 0 Å². The normalized spacial score (nSPS) is 13.9. The lowest BCUT2D eigenvalue weighted by molar-refractivity contribution is -0.140. The maximum atomic E-state index is 12.8. The molecule has 0 radical (unpaired) electrons. The van der Waals surface area contributed by atoms with E-state index < -0.39 is 18.6 Å². The summed E-state index contributed by atoms with van der Waals surface area (Å²) in [6.45, 7) is 3.73. The standard InChI is InChI=1S/C13H22BrF3N4/c1-4-5-18-11(8-13(15,16)17)12-10(14)9-19-21(12)7-6-20(2)3/h9,11,18H,4-8H2,1-3H3. The summed E-state index contributed by atoms with van der Waals surface area (Å²) in [5.74, 6) is 0. The van der Waals surface area contributed by atoms with Gasteiger partial charge in [-0.3, -0.25) is 4.68 Å². The first-order chi connectivity index (χ1) is 9.74. The zero-order valence-corrected chi connectivity index (χ0v) is 14.1. The molecule has 1 N–H and O–H groups in total. The van der Waals surface area contributed by atoms with Gasteiger partial charge in [0.2, 0.25) is 0 Å². The second-order valence-corrected chi connectivity index (χ2v) is 6.08. The van der Waals surface area contributed by atoms with Crippen molar-refractivity contribution in [3.8, 4) is 0 Å². The Kier molecular flexibility index (Phi) is 7.15. The SMILES string of the molecule is CCCNC(CC(F)(F)F)c1c(Br)cnn1CCN(C)C. The summed E-state index contributed by atoms with van der Waals surface area (Å²) in [6.07, 6.45) is -2.79. The summed E-state index contributed by atoms with van der Waals surface area (Å²) in [7, 11) is 3.83. The zero-order valence-electron chi connectivity index (χ0n) is 12.5. The summed E-state index contributed by atoms with van der Waals surface area (Å²) in [6, 6.07) is -0.788. The molecule has 0 aliphatic heterocycles. The van der Waals surface area contributed by atoms with E-state index in [9.17, 15) is 13.2 Å². The molecule has 0 fully saturated rings. The molecule has 0 aliphatic rings. The van der Waals surface area contributed by atoms with Gasteiger partial charge in [-0.1, -0.05) is 6.92 Å². The van der Waals surface area contributed by atoms with Crippen molar-refractivity contribution in [1.29, 1.82) is 0 Å². The van der Waals surface area contributed by atoms with Crippen molar-refractivity contribution in [2.75, 3.05) is 27.2 Å². The number of rotatable bonds is 8. The van der Waals surface area contributed by atoms with Crippen LogP contribution in [0.1, 0.15) is 31.5 Å². The number of nitrogens with zero attached hydrogens (tertiary/aromatic N) is 3. The molecule has 0 aromatic carbocycles. The van der Waals surface area contributed by atoms with Crippen molar-refractivity contribution < 1.29 is 13.2 Å². The molecule has 0 saturated carbocycles. The summed E-state index contributed by atoms with van der Waals surface area (Å²) >= 11 is 3.32. The molecule has 0 amide bonds. The van der Waals surface area contributed by atoms with Gasteiger partial charge in [-0.15, -0.1) is 0 Å². The number of likely N-dealkylation sites (N-methyl/N-ethyl adjacent to an activating group) is 1. The van der Waals surface area contributed by atoms with Crippen LogP contribution in [-0.4, -0.2) is 48.0 Å². The Balaban J connectivity index is 2.96. The predicted molar refractivity (Wildman–Crippen MR) is 80.2 cm³/mol. The average Bonchev–Trinajstić information content (AvgIpc) is 2.72. The molecule has 0 aliphatic carbocycles. The number of alkyl halides is 3. The minimum absolute atomic E-state index is 0.534. The molecule has 1 rings (SSSR count). The van der Waals surface area contributed by atoms with E-state index in [0.717, 1.165) is 6.42 Å². The highest BCUT2D eigenvalue weighted by Gasteiger charge is 2.34. The number of hydrogen-bond donors (Lipinski definition) is 1. The van der Waals surface area contributed by atoms with Crippen LogP contribution in [0.15, 0.2) is 10.7 Å². The summed E-state index contributed by atoms with van der Waals surface area (Å²) in [5.41, 5.74) is 0.558. The van der Waals surface area contributed by atoms with Gasteiger partial charge in [-0.25, -0.2) is 0 Å². The smallest absolute Gasteiger partial charge is 0.308 e. The Morgan fingerprint density at radius 2 is 2.10 bits per heavy atom. The third-order valence-electron chi connectivity index (χ3n) is 3.00. The maximum absolute atomic E-state index is 12.8. The van der Waals surface area contributed by atoms with Crippen LogP contribution in [0, 0.1) is 0 Å². The van der Waals surface area contributed by atoms with E-state index in [1.807, 2.05) is 25.9 Å². The molecule has 1 heterocycles. The molecular formula is C13H22BrF3N4. The molecule has 4 nitrogen and oxygen atoms in total. The lowest BCUT2D eigenvalue weighted by atomic mass is 10.1. The number of halogens is 4. The van der Waals surface area contributed by atoms with Crippen molar-refractivity contribution in [1.82, 2.24) is 20.0 Å². The van der Waals surface area contributed by atoms with E-state index in [2.05, 4.69) is 26.3 Å². The van der Waals surface area contributed by atoms with Gasteiger partial charge in [-0.05, 0) is 43.0 Å². The molecular weight excluding hydrogens is 349 g/mol. The molecule has 1 aromatic heterocycles. The van der Waals surface area contributed by atoms with E-state index in [1.165, 1.54) is 0 Å². The molecule has 21 heavy (non-hydrogen) atoms. The Morgan fingerprint density at radius 3 is 2.62 bits per heavy atom. The van der Waals surface area contributed by atoms with Gasteiger partial charge in [-0.2, -0.15) is 18.3 Å². The monoisotopic (exact) mass is 370 g/mol. The van der Waals surface area contributed by atoms with E-state index in [0.29, 0.717) is 29.8 Å². The molecule has 0 bridgehead atoms. The molecule has 8 heteroatoms. The highest BCUT2D eigenvalue weighted by atomic mass is 79.9. The minimum atomic E-state index is -4.22. The lowest BCUT2D eigenvalue weighted by Gasteiger charge is -2.22. The zero-order chi connectivity index (χ0) is 16.0. The summed E-state index contributed by atoms with van der Waals surface area (Å²) in [5, 5.41) is 7.16. The molecule has 1 aromatic rings. The number of aromatic nitrogens is 2. The fraction of sp³-hybridized carbons (Fsp3) is 0.769. The Labute approximate surface area is 131 Å². The Bertz CT molecular complexity index is 432. The maximum Gasteiger partial charge on any atom is 0.390 e. The van der Waals surface area contributed by atoms with Crippen LogP contribution < -0.4 is 5.32 Å². The average molecular weight is 371 g/mol. The number of hydrogen-bond acceptors (Lipinski definition) is 3. The van der Waals surface area contributed by atoms with Crippen LogP contribution >= 0.6 is 15.9 Å². The van der Waals surface area contributed by atoms with Crippen molar-refractivity contribution in [2.24, 2.45) is 0 Å². The largest absolute Gasteiger partial charge is 0.390 e. The highest BCUT2D eigenvalue weighted by Crippen LogP contribution is 2.33. The minimum Gasteiger partial charge on any atom is -0.308 e. The summed E-state index contributed by atoms with van der Waals surface area (Å²) < 4.78 is 40.7. The quantitative estimate of drug-likeness (QED) is 0.762. The first-order valence-electron chi connectivity index (χ1n) is 6.90. The van der Waals surface area contributed by atoms with Crippen LogP contribution in [0.3, 0.4) is 0 Å². The third kappa shape index (κ3) is 6.36. The molecule has 0 saturated heterocycles. The van der Waals surface area contributed by atoms with Crippen LogP contribution in [-0.2, 0) is 6.54 Å². The first-order valence-corrected chi connectivity index (χ1v) is 7.70. The van der Waals surface area contributed by atoms with Gasteiger partial charge >= 0.3 is 6.18 Å². The van der Waals surface area contributed by atoms with Crippen LogP contribution in [0.2, 0.25) is 0 Å². The topological polar surface area (TPSA) is 33.1 Å². The molecule has 1 unspecified atom stereocenters. The second kappa shape index (κ2) is 8.14. The van der Waals surface area contributed by atoms with E-state index in [-0.39, 0.29) is 0 Å². The van der Waals surface area contributed by atoms with Crippen molar-refractivity contribution >= 4 is 15.9 Å². The third-order valence-corrected chi connectivity index (χ3v) is 3.61. The lowest BCUT2D eigenvalue weighted by Crippen LogP contribution is -2.30.